The Morgan fingerprint density at radius 1 is 1.15 bits per heavy atom. The van der Waals surface area contributed by atoms with Gasteiger partial charge in [0.2, 0.25) is 5.91 Å². The Morgan fingerprint density at radius 2 is 1.82 bits per heavy atom. The number of nitrogens with one attached hydrogen (secondary N) is 1. The van der Waals surface area contributed by atoms with Crippen molar-refractivity contribution in [3.8, 4) is 11.5 Å². The summed E-state index contributed by atoms with van der Waals surface area (Å²) in [5.41, 5.74) is 1.41. The fraction of sp³-hybridized carbons (Fsp3) is 0.227. The molecule has 0 aliphatic rings. The van der Waals surface area contributed by atoms with Crippen molar-refractivity contribution in [2.45, 2.75) is 20.3 Å². The summed E-state index contributed by atoms with van der Waals surface area (Å²) in [6.45, 7) is 3.40. The number of carbonyl (C=O) groups excluding carboxylic acids is 1. The van der Waals surface area contributed by atoms with Crippen molar-refractivity contribution in [2.24, 2.45) is 0 Å². The first-order chi connectivity index (χ1) is 16.2. The van der Waals surface area contributed by atoms with Crippen molar-refractivity contribution in [1.82, 2.24) is 4.98 Å². The summed E-state index contributed by atoms with van der Waals surface area (Å²) in [4.78, 5) is 26.4. The van der Waals surface area contributed by atoms with Gasteiger partial charge in [-0.05, 0) is 37.3 Å². The number of carboxylic acids is 1. The van der Waals surface area contributed by atoms with Gasteiger partial charge < -0.3 is 24.4 Å². The maximum atomic E-state index is 11.9. The first-order valence-electron chi connectivity index (χ1n) is 10.0. The van der Waals surface area contributed by atoms with E-state index in [1.165, 1.54) is 6.92 Å². The largest absolute Gasteiger partial charge is 0.755 e. The van der Waals surface area contributed by atoms with E-state index in [9.17, 15) is 18.4 Å². The zero-order chi connectivity index (χ0) is 24.7. The van der Waals surface area contributed by atoms with E-state index in [2.05, 4.69) is 10.3 Å². The highest BCUT2D eigenvalue weighted by Crippen LogP contribution is 2.37. The number of thiazole rings is 1. The van der Waals surface area contributed by atoms with Gasteiger partial charge in [-0.3, -0.25) is 18.1 Å². The molecule has 2 N–H and O–H groups in total. The predicted molar refractivity (Wildman–Crippen MR) is 127 cm³/mol. The summed E-state index contributed by atoms with van der Waals surface area (Å²) >= 11 is -1.57. The maximum absolute atomic E-state index is 11.9. The number of hydrogen-bond donors (Lipinski definition) is 2. The highest BCUT2D eigenvalue weighted by molar-refractivity contribution is 7.81. The summed E-state index contributed by atoms with van der Waals surface area (Å²) < 4.78 is 36.3. The molecule has 34 heavy (non-hydrogen) atoms. The van der Waals surface area contributed by atoms with E-state index in [0.717, 1.165) is 15.6 Å². The van der Waals surface area contributed by atoms with E-state index in [-0.39, 0.29) is 25.5 Å². The van der Waals surface area contributed by atoms with Crippen LogP contribution in [0, 0.1) is 6.92 Å². The first kappa shape index (κ1) is 25.1. The van der Waals surface area contributed by atoms with Crippen LogP contribution in [-0.2, 0) is 27.3 Å². The van der Waals surface area contributed by atoms with Crippen molar-refractivity contribution < 1.29 is 32.9 Å². The molecule has 0 aliphatic carbocycles. The second-order valence-corrected chi connectivity index (χ2v) is 8.75. The van der Waals surface area contributed by atoms with Gasteiger partial charge in [0.1, 0.15) is 29.7 Å². The molecule has 0 aliphatic heterocycles. The van der Waals surface area contributed by atoms with Crippen molar-refractivity contribution in [3.63, 3.8) is 0 Å². The standard InChI is InChI=1S/C22H23N3O7S2/c1-14-21(33-22(23-14)24-15(2)26)25(34(29)30)17-7-9-18(10-8-17)31-11-12-32-19-6-4-3-5-16(19)13-20(27)28/h3-10H,11-13H2,1-2H3,(H,27,28)(H,29,30)(H,23,24,26)/p-1. The average molecular weight is 505 g/mol. The van der Waals surface area contributed by atoms with Crippen LogP contribution in [-0.4, -0.2) is 43.9 Å². The van der Waals surface area contributed by atoms with Gasteiger partial charge in [-0.1, -0.05) is 29.5 Å². The third-order valence-electron chi connectivity index (χ3n) is 4.38. The number of aromatic nitrogens is 1. The number of aliphatic carboxylic acids is 1. The van der Waals surface area contributed by atoms with Crippen LogP contribution in [0.4, 0.5) is 15.8 Å². The predicted octanol–water partition coefficient (Wildman–Crippen LogP) is 3.43. The number of nitrogens with zero attached hydrogens (tertiary/aromatic N) is 2. The molecule has 1 atom stereocenters. The molecule has 12 heteroatoms. The van der Waals surface area contributed by atoms with Gasteiger partial charge in [0.15, 0.2) is 5.13 Å². The van der Waals surface area contributed by atoms with Crippen molar-refractivity contribution >= 4 is 50.3 Å². The number of amides is 1. The number of anilines is 3. The monoisotopic (exact) mass is 504 g/mol. The molecule has 2 aromatic carbocycles. The van der Waals surface area contributed by atoms with Gasteiger partial charge in [-0.15, -0.1) is 0 Å². The van der Waals surface area contributed by atoms with Crippen molar-refractivity contribution in [3.05, 3.63) is 59.8 Å². The Labute approximate surface area is 202 Å². The number of para-hydroxylation sites is 1. The Hall–Kier alpha value is -3.48. The van der Waals surface area contributed by atoms with Gasteiger partial charge in [-0.2, -0.15) is 0 Å². The lowest BCUT2D eigenvalue weighted by atomic mass is 10.1. The van der Waals surface area contributed by atoms with Crippen LogP contribution >= 0.6 is 11.3 Å². The average Bonchev–Trinajstić information content (AvgIpc) is 3.11. The molecular weight excluding hydrogens is 482 g/mol. The molecule has 1 unspecified atom stereocenters. The molecule has 0 radical (unpaired) electrons. The number of ether oxygens (including phenoxy) is 2. The lowest BCUT2D eigenvalue weighted by Gasteiger charge is -2.25. The molecule has 0 bridgehead atoms. The van der Waals surface area contributed by atoms with Gasteiger partial charge >= 0.3 is 5.97 Å². The molecule has 10 nitrogen and oxygen atoms in total. The maximum Gasteiger partial charge on any atom is 0.307 e. The van der Waals surface area contributed by atoms with E-state index in [1.54, 1.807) is 55.5 Å². The second kappa shape index (κ2) is 11.6. The number of rotatable bonds is 11. The molecule has 3 rings (SSSR count). The normalized spacial score (nSPS) is 11.5. The summed E-state index contributed by atoms with van der Waals surface area (Å²) in [6, 6.07) is 13.3. The fourth-order valence-corrected chi connectivity index (χ4v) is 4.79. The lowest BCUT2D eigenvalue weighted by molar-refractivity contribution is -0.136. The Kier molecular flexibility index (Phi) is 8.57. The van der Waals surface area contributed by atoms with E-state index in [1.807, 2.05) is 0 Å². The van der Waals surface area contributed by atoms with Crippen LogP contribution in [0.25, 0.3) is 0 Å². The molecule has 0 fully saturated rings. The van der Waals surface area contributed by atoms with E-state index >= 15 is 0 Å². The molecule has 0 saturated heterocycles. The smallest absolute Gasteiger partial charge is 0.307 e. The number of carboxylic acid groups (broad SMARTS) is 1. The first-order valence-corrected chi connectivity index (χ1v) is 11.9. The quantitative estimate of drug-likeness (QED) is 0.299. The highest BCUT2D eigenvalue weighted by Gasteiger charge is 2.18. The van der Waals surface area contributed by atoms with E-state index in [0.29, 0.717) is 38.6 Å². The minimum atomic E-state index is -2.62. The number of carbonyl (C=O) groups is 2. The fourth-order valence-electron chi connectivity index (χ4n) is 2.99. The van der Waals surface area contributed by atoms with Gasteiger partial charge in [0, 0.05) is 12.5 Å². The van der Waals surface area contributed by atoms with E-state index in [4.69, 9.17) is 14.6 Å². The summed E-state index contributed by atoms with van der Waals surface area (Å²) in [5, 5.41) is 12.2. The second-order valence-electron chi connectivity index (χ2n) is 6.97. The molecule has 1 amide bonds. The molecule has 0 saturated carbocycles. The topological polar surface area (TPSA) is 141 Å². The van der Waals surface area contributed by atoms with Crippen LogP contribution in [0.1, 0.15) is 18.2 Å². The minimum Gasteiger partial charge on any atom is -0.755 e. The van der Waals surface area contributed by atoms with Crippen LogP contribution in [0.15, 0.2) is 48.5 Å². The van der Waals surface area contributed by atoms with Gasteiger partial charge in [0.05, 0.1) is 29.1 Å². The number of aryl methyl sites for hydroxylation is 1. The van der Waals surface area contributed by atoms with Crippen LogP contribution < -0.4 is 19.1 Å². The molecule has 1 heterocycles. The molecule has 3 aromatic rings. The Bertz CT molecular complexity index is 1180. The Morgan fingerprint density at radius 3 is 2.47 bits per heavy atom. The number of hydrogen-bond acceptors (Lipinski definition) is 8. The third kappa shape index (κ3) is 6.76. The number of benzene rings is 2. The van der Waals surface area contributed by atoms with Gasteiger partial charge in [-0.25, -0.2) is 4.98 Å². The lowest BCUT2D eigenvalue weighted by Crippen LogP contribution is -2.19. The van der Waals surface area contributed by atoms with Crippen LogP contribution in [0.5, 0.6) is 11.5 Å². The summed E-state index contributed by atoms with van der Waals surface area (Å²) in [6.07, 6.45) is -0.137. The summed E-state index contributed by atoms with van der Waals surface area (Å²) in [7, 11) is 0. The van der Waals surface area contributed by atoms with Crippen LogP contribution in [0.3, 0.4) is 0 Å². The Balaban J connectivity index is 1.62. The van der Waals surface area contributed by atoms with Crippen molar-refractivity contribution in [2.75, 3.05) is 22.8 Å². The van der Waals surface area contributed by atoms with E-state index < -0.39 is 17.2 Å². The SMILES string of the molecule is CC(=O)Nc1nc(C)c(N(c2ccc(OCCOc3ccccc3CC(=O)O)cc2)S(=O)[O-])s1. The minimum absolute atomic E-state index is 0.137. The summed E-state index contributed by atoms with van der Waals surface area (Å²) in [5.74, 6) is -0.259. The van der Waals surface area contributed by atoms with Gasteiger partial charge in [0.25, 0.3) is 0 Å². The third-order valence-corrected chi connectivity index (χ3v) is 6.25. The zero-order valence-corrected chi connectivity index (χ0v) is 20.0. The molecular formula is C22H22N3O7S2-. The highest BCUT2D eigenvalue weighted by atomic mass is 32.2. The molecule has 180 valence electrons. The molecule has 1 aromatic heterocycles. The van der Waals surface area contributed by atoms with Crippen LogP contribution in [0.2, 0.25) is 0 Å². The zero-order valence-electron chi connectivity index (χ0n) is 18.3. The van der Waals surface area contributed by atoms with Crippen molar-refractivity contribution in [1.29, 1.82) is 0 Å². The molecule has 0 spiro atoms.